The number of rotatable bonds is 3. The summed E-state index contributed by atoms with van der Waals surface area (Å²) in [6.45, 7) is 2.56. The SMILES string of the molecule is CC(=O)c1c[nH]c(C(=O)N2CC=C(c3ccc(F)cc3)CC2)c1. The third-order valence-electron chi connectivity index (χ3n) is 4.03. The lowest BCUT2D eigenvalue weighted by Crippen LogP contribution is -2.34. The molecule has 0 fully saturated rings. The van der Waals surface area contributed by atoms with Gasteiger partial charge in [0, 0.05) is 24.8 Å². The molecule has 1 aliphatic heterocycles. The summed E-state index contributed by atoms with van der Waals surface area (Å²) in [4.78, 5) is 28.3. The molecule has 5 heteroatoms. The maximum atomic E-state index is 13.0. The number of hydrogen-bond acceptors (Lipinski definition) is 2. The van der Waals surface area contributed by atoms with Crippen molar-refractivity contribution in [1.82, 2.24) is 9.88 Å². The van der Waals surface area contributed by atoms with Crippen LogP contribution in [-0.4, -0.2) is 34.7 Å². The van der Waals surface area contributed by atoms with Gasteiger partial charge in [0.05, 0.1) is 0 Å². The molecule has 2 aromatic rings. The van der Waals surface area contributed by atoms with Crippen LogP contribution in [0.25, 0.3) is 5.57 Å². The van der Waals surface area contributed by atoms with Crippen LogP contribution in [0.4, 0.5) is 4.39 Å². The Hall–Kier alpha value is -2.69. The molecule has 0 saturated carbocycles. The van der Waals surface area contributed by atoms with Gasteiger partial charge in [-0.1, -0.05) is 18.2 Å². The normalized spacial score (nSPS) is 14.5. The Morgan fingerprint density at radius 3 is 2.52 bits per heavy atom. The summed E-state index contributed by atoms with van der Waals surface area (Å²) >= 11 is 0. The molecule has 0 atom stereocenters. The second kappa shape index (κ2) is 6.20. The molecule has 1 aromatic heterocycles. The summed E-state index contributed by atoms with van der Waals surface area (Å²) in [5.74, 6) is -0.445. The minimum Gasteiger partial charge on any atom is -0.356 e. The van der Waals surface area contributed by atoms with Gasteiger partial charge in [0.2, 0.25) is 0 Å². The fourth-order valence-corrected chi connectivity index (χ4v) is 2.67. The van der Waals surface area contributed by atoms with E-state index in [0.717, 1.165) is 17.6 Å². The van der Waals surface area contributed by atoms with Crippen molar-refractivity contribution in [3.05, 3.63) is 65.2 Å². The van der Waals surface area contributed by atoms with E-state index in [1.54, 1.807) is 29.3 Å². The molecule has 0 bridgehead atoms. The largest absolute Gasteiger partial charge is 0.356 e. The van der Waals surface area contributed by atoms with Crippen molar-refractivity contribution in [3.63, 3.8) is 0 Å². The number of benzene rings is 1. The van der Waals surface area contributed by atoms with Crippen LogP contribution in [0.1, 0.15) is 39.8 Å². The number of aromatic amines is 1. The Morgan fingerprint density at radius 1 is 1.22 bits per heavy atom. The standard InChI is InChI=1S/C18H17FN2O2/c1-12(22)15-10-17(20-11-15)18(23)21-8-6-14(7-9-21)13-2-4-16(19)5-3-13/h2-6,10-11,20H,7-9H2,1H3. The first-order chi connectivity index (χ1) is 11.0. The molecule has 0 spiro atoms. The van der Waals surface area contributed by atoms with E-state index in [0.29, 0.717) is 24.3 Å². The molecule has 118 valence electrons. The van der Waals surface area contributed by atoms with Crippen molar-refractivity contribution in [1.29, 1.82) is 0 Å². The van der Waals surface area contributed by atoms with Gasteiger partial charge in [-0.25, -0.2) is 4.39 Å². The highest BCUT2D eigenvalue weighted by Crippen LogP contribution is 2.23. The fraction of sp³-hybridized carbons (Fsp3) is 0.222. The van der Waals surface area contributed by atoms with E-state index in [1.165, 1.54) is 19.1 Å². The number of nitrogens with one attached hydrogen (secondary N) is 1. The van der Waals surface area contributed by atoms with Crippen LogP contribution in [0.3, 0.4) is 0 Å². The van der Waals surface area contributed by atoms with Crippen molar-refractivity contribution in [3.8, 4) is 0 Å². The summed E-state index contributed by atoms with van der Waals surface area (Å²) in [6.07, 6.45) is 4.26. The third-order valence-corrected chi connectivity index (χ3v) is 4.03. The number of nitrogens with zero attached hydrogens (tertiary/aromatic N) is 1. The summed E-state index contributed by atoms with van der Waals surface area (Å²) in [6, 6.07) is 7.97. The maximum absolute atomic E-state index is 13.0. The number of ketones is 1. The van der Waals surface area contributed by atoms with E-state index in [4.69, 9.17) is 0 Å². The van der Waals surface area contributed by atoms with Crippen LogP contribution in [0, 0.1) is 5.82 Å². The molecule has 2 heterocycles. The van der Waals surface area contributed by atoms with E-state index < -0.39 is 0 Å². The summed E-state index contributed by atoms with van der Waals surface area (Å²) < 4.78 is 13.0. The smallest absolute Gasteiger partial charge is 0.270 e. The van der Waals surface area contributed by atoms with Gasteiger partial charge in [-0.3, -0.25) is 9.59 Å². The topological polar surface area (TPSA) is 53.2 Å². The second-order valence-corrected chi connectivity index (χ2v) is 5.60. The predicted molar refractivity (Wildman–Crippen MR) is 85.7 cm³/mol. The van der Waals surface area contributed by atoms with Gasteiger partial charge in [-0.15, -0.1) is 0 Å². The van der Waals surface area contributed by atoms with Crippen LogP contribution in [0.2, 0.25) is 0 Å². The quantitative estimate of drug-likeness (QED) is 0.884. The van der Waals surface area contributed by atoms with Crippen molar-refractivity contribution in [2.24, 2.45) is 0 Å². The number of hydrogen-bond donors (Lipinski definition) is 1. The van der Waals surface area contributed by atoms with Crippen molar-refractivity contribution >= 4 is 17.3 Å². The minimum atomic E-state index is -0.255. The molecule has 0 aliphatic carbocycles. The number of aromatic nitrogens is 1. The first-order valence-corrected chi connectivity index (χ1v) is 7.48. The molecule has 23 heavy (non-hydrogen) atoms. The van der Waals surface area contributed by atoms with Gasteiger partial charge in [0.15, 0.2) is 5.78 Å². The lowest BCUT2D eigenvalue weighted by atomic mass is 9.99. The molecule has 1 aromatic carbocycles. The Morgan fingerprint density at radius 2 is 1.96 bits per heavy atom. The van der Waals surface area contributed by atoms with Gasteiger partial charge >= 0.3 is 0 Å². The molecule has 0 unspecified atom stereocenters. The Bertz CT molecular complexity index is 775. The Kier molecular flexibility index (Phi) is 4.10. The van der Waals surface area contributed by atoms with Crippen LogP contribution >= 0.6 is 0 Å². The molecular formula is C18H17FN2O2. The number of halogens is 1. The first kappa shape index (κ1) is 15.2. The minimum absolute atomic E-state index is 0.0718. The number of carbonyl (C=O) groups is 2. The first-order valence-electron chi connectivity index (χ1n) is 7.48. The van der Waals surface area contributed by atoms with E-state index in [9.17, 15) is 14.0 Å². The van der Waals surface area contributed by atoms with Crippen LogP contribution in [0.15, 0.2) is 42.6 Å². The molecule has 0 saturated heterocycles. The summed E-state index contributed by atoms with van der Waals surface area (Å²) in [7, 11) is 0. The number of carbonyl (C=O) groups excluding carboxylic acids is 2. The van der Waals surface area contributed by atoms with Crippen molar-refractivity contribution in [2.45, 2.75) is 13.3 Å². The van der Waals surface area contributed by atoms with Gasteiger partial charge in [-0.2, -0.15) is 0 Å². The maximum Gasteiger partial charge on any atom is 0.270 e. The van der Waals surface area contributed by atoms with Crippen molar-refractivity contribution < 1.29 is 14.0 Å². The average Bonchev–Trinajstić information content (AvgIpc) is 3.05. The van der Waals surface area contributed by atoms with Crippen LogP contribution < -0.4 is 0 Å². The summed E-state index contributed by atoms with van der Waals surface area (Å²) in [5, 5.41) is 0. The number of amides is 1. The zero-order valence-electron chi connectivity index (χ0n) is 12.8. The number of Topliss-reactive ketones (excluding diaryl/α,β-unsaturated/α-hetero) is 1. The molecular weight excluding hydrogens is 295 g/mol. The molecule has 3 rings (SSSR count). The molecule has 1 amide bonds. The summed E-state index contributed by atoms with van der Waals surface area (Å²) in [5.41, 5.74) is 3.03. The van der Waals surface area contributed by atoms with Gasteiger partial charge < -0.3 is 9.88 Å². The number of H-pyrrole nitrogens is 1. The Balaban J connectivity index is 1.71. The van der Waals surface area contributed by atoms with Gasteiger partial charge in [0.1, 0.15) is 11.5 Å². The van der Waals surface area contributed by atoms with E-state index >= 15 is 0 Å². The highest BCUT2D eigenvalue weighted by atomic mass is 19.1. The Labute approximate surface area is 133 Å². The van der Waals surface area contributed by atoms with E-state index in [1.807, 2.05) is 6.08 Å². The molecule has 4 nitrogen and oxygen atoms in total. The monoisotopic (exact) mass is 312 g/mol. The van der Waals surface area contributed by atoms with E-state index in [-0.39, 0.29) is 17.5 Å². The lowest BCUT2D eigenvalue weighted by molar-refractivity contribution is 0.0767. The zero-order chi connectivity index (χ0) is 16.4. The molecule has 1 aliphatic rings. The molecule has 0 radical (unpaired) electrons. The highest BCUT2D eigenvalue weighted by molar-refractivity contribution is 5.99. The molecule has 1 N–H and O–H groups in total. The fourth-order valence-electron chi connectivity index (χ4n) is 2.67. The second-order valence-electron chi connectivity index (χ2n) is 5.60. The van der Waals surface area contributed by atoms with Crippen molar-refractivity contribution in [2.75, 3.05) is 13.1 Å². The van der Waals surface area contributed by atoms with Crippen LogP contribution in [-0.2, 0) is 0 Å². The third kappa shape index (κ3) is 3.23. The van der Waals surface area contributed by atoms with Crippen LogP contribution in [0.5, 0.6) is 0 Å². The van der Waals surface area contributed by atoms with E-state index in [2.05, 4.69) is 4.98 Å². The zero-order valence-corrected chi connectivity index (χ0v) is 12.8. The highest BCUT2D eigenvalue weighted by Gasteiger charge is 2.21. The van der Waals surface area contributed by atoms with Gasteiger partial charge in [-0.05, 0) is 42.7 Å². The average molecular weight is 312 g/mol. The van der Waals surface area contributed by atoms with Gasteiger partial charge in [0.25, 0.3) is 5.91 Å². The predicted octanol–water partition coefficient (Wildman–Crippen LogP) is 3.29. The lowest BCUT2D eigenvalue weighted by Gasteiger charge is -2.26.